The van der Waals surface area contributed by atoms with E-state index in [9.17, 15) is 5.11 Å². The molecule has 1 aromatic rings. The van der Waals surface area contributed by atoms with Crippen molar-refractivity contribution in [3.63, 3.8) is 0 Å². The first-order valence-electron chi connectivity index (χ1n) is 6.12. The lowest BCUT2D eigenvalue weighted by molar-refractivity contribution is -0.0279. The summed E-state index contributed by atoms with van der Waals surface area (Å²) < 4.78 is 0. The van der Waals surface area contributed by atoms with E-state index in [1.165, 1.54) is 0 Å². The lowest BCUT2D eigenvalue weighted by atomic mass is 9.72. The molecular formula is C13H21NOS. The van der Waals surface area contributed by atoms with Crippen molar-refractivity contribution in [2.45, 2.75) is 52.1 Å². The van der Waals surface area contributed by atoms with Gasteiger partial charge in [-0.15, -0.1) is 11.3 Å². The SMILES string of the molecule is Cc1csc(CC2(O)CCC(C)C(C)C2)n1. The van der Waals surface area contributed by atoms with Gasteiger partial charge in [0, 0.05) is 17.5 Å². The van der Waals surface area contributed by atoms with E-state index in [0.29, 0.717) is 5.92 Å². The van der Waals surface area contributed by atoms with Gasteiger partial charge < -0.3 is 5.11 Å². The summed E-state index contributed by atoms with van der Waals surface area (Å²) in [5.41, 5.74) is 0.566. The Morgan fingerprint density at radius 3 is 2.81 bits per heavy atom. The van der Waals surface area contributed by atoms with Crippen LogP contribution in [0.3, 0.4) is 0 Å². The van der Waals surface area contributed by atoms with Gasteiger partial charge in [-0.05, 0) is 38.0 Å². The summed E-state index contributed by atoms with van der Waals surface area (Å²) in [6.45, 7) is 6.55. The molecular weight excluding hydrogens is 218 g/mol. The molecule has 0 aromatic carbocycles. The summed E-state index contributed by atoms with van der Waals surface area (Å²) in [6.07, 6.45) is 3.73. The van der Waals surface area contributed by atoms with Gasteiger partial charge in [-0.1, -0.05) is 13.8 Å². The van der Waals surface area contributed by atoms with Crippen LogP contribution in [0.5, 0.6) is 0 Å². The predicted octanol–water partition coefficient (Wildman–Crippen LogP) is 3.18. The van der Waals surface area contributed by atoms with Gasteiger partial charge in [0.25, 0.3) is 0 Å². The Labute approximate surface area is 102 Å². The Morgan fingerprint density at radius 1 is 1.50 bits per heavy atom. The molecule has 0 amide bonds. The first-order valence-corrected chi connectivity index (χ1v) is 7.00. The lowest BCUT2D eigenvalue weighted by Gasteiger charge is -2.38. The number of aryl methyl sites for hydroxylation is 1. The van der Waals surface area contributed by atoms with Crippen LogP contribution < -0.4 is 0 Å². The Hall–Kier alpha value is -0.410. The van der Waals surface area contributed by atoms with E-state index in [0.717, 1.165) is 42.3 Å². The van der Waals surface area contributed by atoms with Crippen LogP contribution in [-0.2, 0) is 6.42 Å². The highest BCUT2D eigenvalue weighted by molar-refractivity contribution is 7.09. The summed E-state index contributed by atoms with van der Waals surface area (Å²) in [5, 5.41) is 13.7. The van der Waals surface area contributed by atoms with Gasteiger partial charge in [-0.2, -0.15) is 0 Å². The average molecular weight is 239 g/mol. The van der Waals surface area contributed by atoms with Crippen LogP contribution in [0, 0.1) is 18.8 Å². The fraction of sp³-hybridized carbons (Fsp3) is 0.769. The van der Waals surface area contributed by atoms with E-state index in [4.69, 9.17) is 0 Å². The van der Waals surface area contributed by atoms with Gasteiger partial charge in [0.2, 0.25) is 0 Å². The monoisotopic (exact) mass is 239 g/mol. The molecule has 1 fully saturated rings. The number of hydrogen-bond donors (Lipinski definition) is 1. The fourth-order valence-electron chi connectivity index (χ4n) is 2.61. The van der Waals surface area contributed by atoms with Gasteiger partial charge in [0.15, 0.2) is 0 Å². The van der Waals surface area contributed by atoms with Gasteiger partial charge in [0.1, 0.15) is 0 Å². The van der Waals surface area contributed by atoms with E-state index in [1.54, 1.807) is 11.3 Å². The van der Waals surface area contributed by atoms with Crippen molar-refractivity contribution in [2.24, 2.45) is 11.8 Å². The molecule has 16 heavy (non-hydrogen) atoms. The molecule has 3 unspecified atom stereocenters. The molecule has 1 heterocycles. The number of rotatable bonds is 2. The van der Waals surface area contributed by atoms with E-state index in [2.05, 4.69) is 24.2 Å². The van der Waals surface area contributed by atoms with Crippen molar-refractivity contribution in [1.29, 1.82) is 0 Å². The Kier molecular flexibility index (Phi) is 3.36. The zero-order valence-corrected chi connectivity index (χ0v) is 11.2. The molecule has 3 atom stereocenters. The molecule has 1 aliphatic rings. The molecule has 0 radical (unpaired) electrons. The molecule has 3 heteroatoms. The minimum atomic E-state index is -0.504. The summed E-state index contributed by atoms with van der Waals surface area (Å²) in [4.78, 5) is 4.45. The Morgan fingerprint density at radius 2 is 2.25 bits per heavy atom. The lowest BCUT2D eigenvalue weighted by Crippen LogP contribution is -2.39. The first kappa shape index (κ1) is 12.1. The normalized spacial score (nSPS) is 35.2. The number of nitrogens with zero attached hydrogens (tertiary/aromatic N) is 1. The smallest absolute Gasteiger partial charge is 0.0956 e. The van der Waals surface area contributed by atoms with Crippen LogP contribution in [0.2, 0.25) is 0 Å². The molecule has 1 saturated carbocycles. The van der Waals surface area contributed by atoms with Gasteiger partial charge in [-0.25, -0.2) is 4.98 Å². The van der Waals surface area contributed by atoms with Crippen molar-refractivity contribution in [3.8, 4) is 0 Å². The maximum absolute atomic E-state index is 10.6. The van der Waals surface area contributed by atoms with Crippen LogP contribution in [0.15, 0.2) is 5.38 Å². The van der Waals surface area contributed by atoms with E-state index in [1.807, 2.05) is 6.92 Å². The van der Waals surface area contributed by atoms with Crippen molar-refractivity contribution in [2.75, 3.05) is 0 Å². The van der Waals surface area contributed by atoms with Gasteiger partial charge >= 0.3 is 0 Å². The molecule has 0 spiro atoms. The summed E-state index contributed by atoms with van der Waals surface area (Å²) >= 11 is 1.67. The van der Waals surface area contributed by atoms with Crippen molar-refractivity contribution >= 4 is 11.3 Å². The van der Waals surface area contributed by atoms with Crippen LogP contribution in [0.4, 0.5) is 0 Å². The predicted molar refractivity (Wildman–Crippen MR) is 67.7 cm³/mol. The highest BCUT2D eigenvalue weighted by Gasteiger charge is 2.36. The van der Waals surface area contributed by atoms with Crippen molar-refractivity contribution < 1.29 is 5.11 Å². The third-order valence-corrected chi connectivity index (χ3v) is 4.85. The quantitative estimate of drug-likeness (QED) is 0.860. The van der Waals surface area contributed by atoms with Crippen LogP contribution >= 0.6 is 11.3 Å². The second-order valence-electron chi connectivity index (χ2n) is 5.48. The maximum atomic E-state index is 10.6. The maximum Gasteiger partial charge on any atom is 0.0956 e. The number of aromatic nitrogens is 1. The first-order chi connectivity index (χ1) is 7.48. The molecule has 2 nitrogen and oxygen atoms in total. The average Bonchev–Trinajstić information content (AvgIpc) is 2.58. The number of thiazole rings is 1. The zero-order valence-electron chi connectivity index (χ0n) is 10.4. The van der Waals surface area contributed by atoms with E-state index < -0.39 is 5.60 Å². The van der Waals surface area contributed by atoms with E-state index in [-0.39, 0.29) is 0 Å². The third-order valence-electron chi connectivity index (χ3n) is 3.89. The highest BCUT2D eigenvalue weighted by Crippen LogP contribution is 2.38. The molecule has 0 aliphatic heterocycles. The Balaban J connectivity index is 2.03. The molecule has 2 rings (SSSR count). The minimum Gasteiger partial charge on any atom is -0.389 e. The molecule has 0 saturated heterocycles. The third kappa shape index (κ3) is 2.64. The minimum absolute atomic E-state index is 0.504. The van der Waals surface area contributed by atoms with Crippen LogP contribution in [-0.4, -0.2) is 15.7 Å². The largest absolute Gasteiger partial charge is 0.389 e. The van der Waals surface area contributed by atoms with Gasteiger partial charge in [-0.3, -0.25) is 0 Å². The van der Waals surface area contributed by atoms with Crippen molar-refractivity contribution in [1.82, 2.24) is 4.98 Å². The number of hydrogen-bond acceptors (Lipinski definition) is 3. The summed E-state index contributed by atoms with van der Waals surface area (Å²) in [5.74, 6) is 1.37. The second kappa shape index (κ2) is 4.46. The van der Waals surface area contributed by atoms with Gasteiger partial charge in [0.05, 0.1) is 10.6 Å². The van der Waals surface area contributed by atoms with Crippen LogP contribution in [0.1, 0.15) is 43.8 Å². The molecule has 0 bridgehead atoms. The molecule has 1 aliphatic carbocycles. The topological polar surface area (TPSA) is 33.1 Å². The molecule has 1 N–H and O–H groups in total. The standard InChI is InChI=1S/C13H21NOS/c1-9-4-5-13(15,6-10(9)2)7-12-14-11(3)8-16-12/h8-10,15H,4-7H2,1-3H3. The summed E-state index contributed by atoms with van der Waals surface area (Å²) in [6, 6.07) is 0. The van der Waals surface area contributed by atoms with Crippen molar-refractivity contribution in [3.05, 3.63) is 16.1 Å². The Bertz CT molecular complexity index is 363. The second-order valence-corrected chi connectivity index (χ2v) is 6.42. The zero-order chi connectivity index (χ0) is 11.8. The molecule has 1 aromatic heterocycles. The summed E-state index contributed by atoms with van der Waals surface area (Å²) in [7, 11) is 0. The van der Waals surface area contributed by atoms with Crippen LogP contribution in [0.25, 0.3) is 0 Å². The van der Waals surface area contributed by atoms with E-state index >= 15 is 0 Å². The fourth-order valence-corrected chi connectivity index (χ4v) is 3.52. The number of aliphatic hydroxyl groups is 1. The molecule has 90 valence electrons. The highest BCUT2D eigenvalue weighted by atomic mass is 32.1.